The molecule has 0 bridgehead atoms. The summed E-state index contributed by atoms with van der Waals surface area (Å²) in [5, 5.41) is 6.08. The summed E-state index contributed by atoms with van der Waals surface area (Å²) in [4.78, 5) is 17.1. The van der Waals surface area contributed by atoms with E-state index in [9.17, 15) is 4.79 Å². The Kier molecular flexibility index (Phi) is 5.57. The van der Waals surface area contributed by atoms with E-state index in [0.717, 1.165) is 39.0 Å². The minimum absolute atomic E-state index is 0.232. The Morgan fingerprint density at radius 2 is 1.71 bits per heavy atom. The van der Waals surface area contributed by atoms with E-state index in [0.29, 0.717) is 11.5 Å². The lowest BCUT2D eigenvalue weighted by Crippen LogP contribution is -2.34. The van der Waals surface area contributed by atoms with Crippen LogP contribution in [0.5, 0.6) is 0 Å². The number of carbonyl (C=O) groups excluding carboxylic acids is 1. The topological polar surface area (TPSA) is 67.2 Å². The number of anilines is 1. The minimum Gasteiger partial charge on any atom is -0.436 e. The molecule has 2 N–H and O–H groups in total. The average Bonchev–Trinajstić information content (AvgIpc) is 3.12. The largest absolute Gasteiger partial charge is 0.436 e. The molecule has 0 spiro atoms. The molecule has 0 saturated carbocycles. The van der Waals surface area contributed by atoms with Crippen LogP contribution in [-0.4, -0.2) is 16.0 Å². The summed E-state index contributed by atoms with van der Waals surface area (Å²) in [5.41, 5.74) is 8.09. The van der Waals surface area contributed by atoms with Gasteiger partial charge in [-0.05, 0) is 93.0 Å². The van der Waals surface area contributed by atoms with Gasteiger partial charge < -0.3 is 9.73 Å². The molecule has 6 heteroatoms. The number of thiocarbonyl (C=S) groups is 1. The predicted octanol–water partition coefficient (Wildman–Crippen LogP) is 5.86. The van der Waals surface area contributed by atoms with E-state index in [1.165, 1.54) is 5.56 Å². The van der Waals surface area contributed by atoms with Gasteiger partial charge in [-0.3, -0.25) is 10.1 Å². The number of amides is 1. The Morgan fingerprint density at radius 1 is 0.935 bits per heavy atom. The molecule has 0 aliphatic carbocycles. The van der Waals surface area contributed by atoms with Gasteiger partial charge in [0.25, 0.3) is 5.91 Å². The number of rotatable bonds is 3. The van der Waals surface area contributed by atoms with Crippen LogP contribution in [0.1, 0.15) is 32.6 Å². The van der Waals surface area contributed by atoms with Crippen molar-refractivity contribution in [1.82, 2.24) is 10.3 Å². The first-order valence-corrected chi connectivity index (χ1v) is 10.4. The molecule has 1 aromatic heterocycles. The molecule has 0 saturated heterocycles. The molecule has 31 heavy (non-hydrogen) atoms. The summed E-state index contributed by atoms with van der Waals surface area (Å²) in [7, 11) is 0. The van der Waals surface area contributed by atoms with Crippen molar-refractivity contribution in [2.75, 3.05) is 5.32 Å². The van der Waals surface area contributed by atoms with Crippen molar-refractivity contribution in [1.29, 1.82) is 0 Å². The van der Waals surface area contributed by atoms with E-state index < -0.39 is 0 Å². The van der Waals surface area contributed by atoms with Gasteiger partial charge in [0.15, 0.2) is 10.7 Å². The van der Waals surface area contributed by atoms with Crippen LogP contribution in [0, 0.1) is 27.7 Å². The summed E-state index contributed by atoms with van der Waals surface area (Å²) in [6.45, 7) is 8.02. The molecular formula is C25H23N3O2S. The van der Waals surface area contributed by atoms with E-state index in [-0.39, 0.29) is 11.0 Å². The number of oxazole rings is 1. The second kappa shape index (κ2) is 8.32. The molecule has 4 aromatic rings. The van der Waals surface area contributed by atoms with Crippen LogP contribution in [0.2, 0.25) is 0 Å². The molecule has 0 fully saturated rings. The fourth-order valence-electron chi connectivity index (χ4n) is 3.31. The molecule has 5 nitrogen and oxygen atoms in total. The van der Waals surface area contributed by atoms with Crippen molar-refractivity contribution in [2.24, 2.45) is 0 Å². The molecule has 3 aromatic carbocycles. The number of nitrogens with zero attached hydrogens (tertiary/aromatic N) is 1. The van der Waals surface area contributed by atoms with E-state index in [4.69, 9.17) is 16.6 Å². The normalized spacial score (nSPS) is 10.8. The van der Waals surface area contributed by atoms with Crippen LogP contribution in [0.15, 0.2) is 59.0 Å². The molecule has 0 aliphatic heterocycles. The third-order valence-electron chi connectivity index (χ3n) is 5.24. The zero-order chi connectivity index (χ0) is 22.1. The van der Waals surface area contributed by atoms with Crippen LogP contribution < -0.4 is 10.6 Å². The van der Waals surface area contributed by atoms with Gasteiger partial charge in [-0.15, -0.1) is 0 Å². The third kappa shape index (κ3) is 4.49. The SMILES string of the molecule is Cc1cccc(C(=O)NC(=S)Nc2cc(-c3nc4cc(C)c(C)cc4o3)ccc2C)c1. The molecule has 0 atom stereocenters. The van der Waals surface area contributed by atoms with Crippen LogP contribution >= 0.6 is 12.2 Å². The Bertz CT molecular complexity index is 1280. The number of nitrogens with one attached hydrogen (secondary N) is 2. The Hall–Kier alpha value is -3.51. The molecule has 0 unspecified atom stereocenters. The molecule has 0 radical (unpaired) electrons. The number of aryl methyl sites for hydroxylation is 4. The van der Waals surface area contributed by atoms with Crippen LogP contribution in [0.25, 0.3) is 22.6 Å². The molecule has 4 rings (SSSR count). The Morgan fingerprint density at radius 3 is 2.48 bits per heavy atom. The highest BCUT2D eigenvalue weighted by molar-refractivity contribution is 7.80. The van der Waals surface area contributed by atoms with E-state index in [1.54, 1.807) is 6.07 Å². The molecule has 1 amide bonds. The van der Waals surface area contributed by atoms with Crippen LogP contribution in [0.3, 0.4) is 0 Å². The number of hydrogen-bond acceptors (Lipinski definition) is 4. The fourth-order valence-corrected chi connectivity index (χ4v) is 3.51. The van der Waals surface area contributed by atoms with E-state index in [1.807, 2.05) is 62.4 Å². The summed E-state index contributed by atoms with van der Waals surface area (Å²) in [6.07, 6.45) is 0. The second-order valence-electron chi connectivity index (χ2n) is 7.73. The smallest absolute Gasteiger partial charge is 0.257 e. The van der Waals surface area contributed by atoms with Gasteiger partial charge in [0.1, 0.15) is 5.52 Å². The van der Waals surface area contributed by atoms with E-state index in [2.05, 4.69) is 29.5 Å². The van der Waals surface area contributed by atoms with Crippen molar-refractivity contribution < 1.29 is 9.21 Å². The lowest BCUT2D eigenvalue weighted by atomic mass is 10.1. The number of aromatic nitrogens is 1. The maximum Gasteiger partial charge on any atom is 0.257 e. The van der Waals surface area contributed by atoms with Crippen molar-refractivity contribution in [3.63, 3.8) is 0 Å². The fraction of sp³-hybridized carbons (Fsp3) is 0.160. The highest BCUT2D eigenvalue weighted by Gasteiger charge is 2.13. The Labute approximate surface area is 186 Å². The molecular weight excluding hydrogens is 406 g/mol. The van der Waals surface area contributed by atoms with Gasteiger partial charge >= 0.3 is 0 Å². The van der Waals surface area contributed by atoms with Crippen molar-refractivity contribution in [3.8, 4) is 11.5 Å². The van der Waals surface area contributed by atoms with Crippen LogP contribution in [0.4, 0.5) is 5.69 Å². The molecule has 0 aliphatic rings. The highest BCUT2D eigenvalue weighted by atomic mass is 32.1. The number of carbonyl (C=O) groups is 1. The standard InChI is InChI=1S/C25H23N3O2S/c1-14-6-5-7-18(10-14)23(29)28-25(31)27-20-13-19(9-8-15(20)2)24-26-21-11-16(3)17(4)12-22(21)30-24/h5-13H,1-4H3,(H2,27,28,29,31). The summed E-state index contributed by atoms with van der Waals surface area (Å²) in [5.74, 6) is 0.289. The van der Waals surface area contributed by atoms with Gasteiger partial charge in [0.2, 0.25) is 5.89 Å². The van der Waals surface area contributed by atoms with Gasteiger partial charge in [-0.1, -0.05) is 23.8 Å². The van der Waals surface area contributed by atoms with Crippen molar-refractivity contribution in [3.05, 3.63) is 82.4 Å². The Balaban J connectivity index is 1.55. The maximum atomic E-state index is 12.5. The minimum atomic E-state index is -0.250. The average molecular weight is 430 g/mol. The number of benzene rings is 3. The summed E-state index contributed by atoms with van der Waals surface area (Å²) in [6, 6.07) is 17.2. The lowest BCUT2D eigenvalue weighted by Gasteiger charge is -2.13. The van der Waals surface area contributed by atoms with Crippen molar-refractivity contribution >= 4 is 40.0 Å². The predicted molar refractivity (Wildman–Crippen MR) is 129 cm³/mol. The van der Waals surface area contributed by atoms with Gasteiger partial charge in [-0.2, -0.15) is 0 Å². The third-order valence-corrected chi connectivity index (χ3v) is 5.45. The van der Waals surface area contributed by atoms with Gasteiger partial charge in [0, 0.05) is 16.8 Å². The quantitative estimate of drug-likeness (QED) is 0.400. The molecule has 156 valence electrons. The maximum absolute atomic E-state index is 12.5. The van der Waals surface area contributed by atoms with Gasteiger partial charge in [-0.25, -0.2) is 4.98 Å². The van der Waals surface area contributed by atoms with Gasteiger partial charge in [0.05, 0.1) is 0 Å². The zero-order valence-corrected chi connectivity index (χ0v) is 18.7. The highest BCUT2D eigenvalue weighted by Crippen LogP contribution is 2.29. The zero-order valence-electron chi connectivity index (χ0n) is 17.9. The first-order valence-electron chi connectivity index (χ1n) is 9.98. The molecule has 1 heterocycles. The van der Waals surface area contributed by atoms with Crippen molar-refractivity contribution in [2.45, 2.75) is 27.7 Å². The lowest BCUT2D eigenvalue weighted by molar-refractivity contribution is 0.0977. The first kappa shape index (κ1) is 20.8. The first-order chi connectivity index (χ1) is 14.8. The van der Waals surface area contributed by atoms with Crippen LogP contribution in [-0.2, 0) is 0 Å². The second-order valence-corrected chi connectivity index (χ2v) is 8.14. The monoisotopic (exact) mass is 429 g/mol. The summed E-state index contributed by atoms with van der Waals surface area (Å²) >= 11 is 5.36. The number of fused-ring (bicyclic) bond motifs is 1. The number of hydrogen-bond donors (Lipinski definition) is 2. The summed E-state index contributed by atoms with van der Waals surface area (Å²) < 4.78 is 5.98. The van der Waals surface area contributed by atoms with E-state index >= 15 is 0 Å².